The first-order chi connectivity index (χ1) is 7.95. The van der Waals surface area contributed by atoms with Gasteiger partial charge in [-0.2, -0.15) is 0 Å². The standard InChI is InChI=1S/C11H12O5S/c12-7-11(10(13)14)6-9(11)17(15,16)8-4-2-1-3-5-8/h1-5,9,12H,6-7H2,(H,13,14)/t9-,11-/m0/s1. The van der Waals surface area contributed by atoms with E-state index in [1.54, 1.807) is 18.2 Å². The molecule has 1 aromatic carbocycles. The van der Waals surface area contributed by atoms with Crippen LogP contribution < -0.4 is 0 Å². The summed E-state index contributed by atoms with van der Waals surface area (Å²) in [4.78, 5) is 11.1. The van der Waals surface area contributed by atoms with Crippen molar-refractivity contribution in [2.45, 2.75) is 16.6 Å². The molecule has 1 aliphatic rings. The van der Waals surface area contributed by atoms with Gasteiger partial charge in [0.25, 0.3) is 0 Å². The molecule has 92 valence electrons. The fourth-order valence-electron chi connectivity index (χ4n) is 1.91. The van der Waals surface area contributed by atoms with Crippen LogP contribution in [0.25, 0.3) is 0 Å². The second kappa shape index (κ2) is 3.82. The summed E-state index contributed by atoms with van der Waals surface area (Å²) in [5.74, 6) is -1.26. The van der Waals surface area contributed by atoms with E-state index in [-0.39, 0.29) is 11.3 Å². The van der Waals surface area contributed by atoms with Crippen LogP contribution in [0.15, 0.2) is 35.2 Å². The lowest BCUT2D eigenvalue weighted by Crippen LogP contribution is -2.27. The highest BCUT2D eigenvalue weighted by Gasteiger charge is 2.66. The molecule has 0 radical (unpaired) electrons. The summed E-state index contributed by atoms with van der Waals surface area (Å²) in [5.41, 5.74) is -1.52. The molecule has 1 saturated carbocycles. The smallest absolute Gasteiger partial charge is 0.313 e. The van der Waals surface area contributed by atoms with E-state index < -0.39 is 33.1 Å². The molecular weight excluding hydrogens is 244 g/mol. The normalized spacial score (nSPS) is 27.7. The van der Waals surface area contributed by atoms with Gasteiger partial charge in [0, 0.05) is 0 Å². The third-order valence-electron chi connectivity index (χ3n) is 3.16. The second-order valence-corrected chi connectivity index (χ2v) is 6.30. The molecule has 1 aromatic rings. The lowest BCUT2D eigenvalue weighted by Gasteiger charge is -2.09. The molecule has 0 amide bonds. The Labute approximate surface area is 98.6 Å². The van der Waals surface area contributed by atoms with Crippen LogP contribution in [0.1, 0.15) is 6.42 Å². The summed E-state index contributed by atoms with van der Waals surface area (Å²) < 4.78 is 24.2. The minimum atomic E-state index is -3.67. The molecule has 0 heterocycles. The first kappa shape index (κ1) is 12.1. The summed E-state index contributed by atoms with van der Waals surface area (Å²) in [5, 5.41) is 17.0. The number of carboxylic acids is 1. The number of rotatable bonds is 4. The Kier molecular flexibility index (Phi) is 2.71. The minimum Gasteiger partial charge on any atom is -0.481 e. The Morgan fingerprint density at radius 1 is 1.35 bits per heavy atom. The van der Waals surface area contributed by atoms with Crippen molar-refractivity contribution in [1.29, 1.82) is 0 Å². The van der Waals surface area contributed by atoms with Crippen molar-refractivity contribution in [2.75, 3.05) is 6.61 Å². The number of aliphatic hydroxyl groups is 1. The van der Waals surface area contributed by atoms with Crippen molar-refractivity contribution >= 4 is 15.8 Å². The van der Waals surface area contributed by atoms with Gasteiger partial charge in [0.1, 0.15) is 5.41 Å². The van der Waals surface area contributed by atoms with Gasteiger partial charge >= 0.3 is 5.97 Å². The number of carboxylic acid groups (broad SMARTS) is 1. The van der Waals surface area contributed by atoms with Gasteiger partial charge in [-0.3, -0.25) is 4.79 Å². The monoisotopic (exact) mass is 256 g/mol. The van der Waals surface area contributed by atoms with Gasteiger partial charge in [-0.25, -0.2) is 8.42 Å². The molecule has 0 bridgehead atoms. The van der Waals surface area contributed by atoms with Gasteiger partial charge in [-0.15, -0.1) is 0 Å². The number of hydrogen-bond donors (Lipinski definition) is 2. The predicted molar refractivity (Wildman–Crippen MR) is 59.2 cm³/mol. The third-order valence-corrected chi connectivity index (χ3v) is 5.46. The van der Waals surface area contributed by atoms with Crippen molar-refractivity contribution in [3.8, 4) is 0 Å². The van der Waals surface area contributed by atoms with Crippen LogP contribution in [-0.4, -0.2) is 36.5 Å². The highest BCUT2D eigenvalue weighted by Crippen LogP contribution is 2.52. The molecule has 17 heavy (non-hydrogen) atoms. The lowest BCUT2D eigenvalue weighted by molar-refractivity contribution is -0.144. The number of benzene rings is 1. The summed E-state index contributed by atoms with van der Waals surface area (Å²) in [6.45, 7) is -0.654. The summed E-state index contributed by atoms with van der Waals surface area (Å²) in [6, 6.07) is 7.70. The summed E-state index contributed by atoms with van der Waals surface area (Å²) >= 11 is 0. The van der Waals surface area contributed by atoms with Gasteiger partial charge < -0.3 is 10.2 Å². The molecule has 0 saturated heterocycles. The molecule has 2 rings (SSSR count). The van der Waals surface area contributed by atoms with Crippen LogP contribution in [0.3, 0.4) is 0 Å². The molecule has 2 N–H and O–H groups in total. The Balaban J connectivity index is 2.36. The van der Waals surface area contributed by atoms with E-state index in [0.717, 1.165) is 0 Å². The van der Waals surface area contributed by atoms with E-state index in [1.165, 1.54) is 12.1 Å². The number of carbonyl (C=O) groups is 1. The lowest BCUT2D eigenvalue weighted by atomic mass is 10.1. The maximum absolute atomic E-state index is 12.1. The largest absolute Gasteiger partial charge is 0.481 e. The highest BCUT2D eigenvalue weighted by molar-refractivity contribution is 7.92. The van der Waals surface area contributed by atoms with E-state index in [0.29, 0.717) is 0 Å². The molecule has 0 aliphatic heterocycles. The predicted octanol–water partition coefficient (Wildman–Crippen LogP) is 0.296. The summed E-state index contributed by atoms with van der Waals surface area (Å²) in [6.07, 6.45) is -0.0317. The Morgan fingerprint density at radius 2 is 1.94 bits per heavy atom. The van der Waals surface area contributed by atoms with Crippen molar-refractivity contribution < 1.29 is 23.4 Å². The molecule has 0 spiro atoms. The van der Waals surface area contributed by atoms with Crippen molar-refractivity contribution in [3.05, 3.63) is 30.3 Å². The van der Waals surface area contributed by atoms with Crippen molar-refractivity contribution in [3.63, 3.8) is 0 Å². The van der Waals surface area contributed by atoms with E-state index in [2.05, 4.69) is 0 Å². The number of sulfone groups is 1. The maximum atomic E-state index is 12.1. The molecule has 0 unspecified atom stereocenters. The van der Waals surface area contributed by atoms with E-state index in [4.69, 9.17) is 10.2 Å². The van der Waals surface area contributed by atoms with Gasteiger partial charge in [-0.05, 0) is 18.6 Å². The van der Waals surface area contributed by atoms with Crippen LogP contribution in [0.4, 0.5) is 0 Å². The second-order valence-electron chi connectivity index (χ2n) is 4.17. The summed E-state index contributed by atoms with van der Waals surface area (Å²) in [7, 11) is -3.67. The quantitative estimate of drug-likeness (QED) is 0.808. The fourth-order valence-corrected chi connectivity index (χ4v) is 4.06. The molecule has 0 aromatic heterocycles. The zero-order chi connectivity index (χ0) is 12.7. The molecule has 1 aliphatic carbocycles. The Morgan fingerprint density at radius 3 is 2.35 bits per heavy atom. The zero-order valence-electron chi connectivity index (χ0n) is 8.91. The number of aliphatic carboxylic acids is 1. The van der Waals surface area contributed by atoms with Crippen molar-refractivity contribution in [2.24, 2.45) is 5.41 Å². The fraction of sp³-hybridized carbons (Fsp3) is 0.364. The average molecular weight is 256 g/mol. The van der Waals surface area contributed by atoms with Crippen LogP contribution in [0.5, 0.6) is 0 Å². The van der Waals surface area contributed by atoms with Gasteiger partial charge in [0.15, 0.2) is 9.84 Å². The molecule has 5 nitrogen and oxygen atoms in total. The molecule has 2 atom stereocenters. The van der Waals surface area contributed by atoms with E-state index in [9.17, 15) is 13.2 Å². The van der Waals surface area contributed by atoms with Gasteiger partial charge in [0.2, 0.25) is 0 Å². The number of hydrogen-bond acceptors (Lipinski definition) is 4. The minimum absolute atomic E-state index is 0.0317. The van der Waals surface area contributed by atoms with Crippen LogP contribution >= 0.6 is 0 Å². The van der Waals surface area contributed by atoms with E-state index in [1.807, 2.05) is 0 Å². The first-order valence-corrected chi connectivity index (χ1v) is 6.63. The molecule has 1 fully saturated rings. The first-order valence-electron chi connectivity index (χ1n) is 5.08. The number of aliphatic hydroxyl groups excluding tert-OH is 1. The topological polar surface area (TPSA) is 91.7 Å². The SMILES string of the molecule is O=C(O)[C@]1(CO)C[C@@H]1S(=O)(=O)c1ccccc1. The maximum Gasteiger partial charge on any atom is 0.313 e. The third kappa shape index (κ3) is 1.73. The van der Waals surface area contributed by atoms with Crippen LogP contribution in [0, 0.1) is 5.41 Å². The highest BCUT2D eigenvalue weighted by atomic mass is 32.2. The van der Waals surface area contributed by atoms with E-state index >= 15 is 0 Å². The Bertz CT molecular complexity index is 536. The van der Waals surface area contributed by atoms with Gasteiger partial charge in [0.05, 0.1) is 16.8 Å². The van der Waals surface area contributed by atoms with Crippen LogP contribution in [0.2, 0.25) is 0 Å². The molecule has 6 heteroatoms. The Hall–Kier alpha value is -1.40. The molecular formula is C11H12O5S. The van der Waals surface area contributed by atoms with Gasteiger partial charge in [-0.1, -0.05) is 18.2 Å². The van der Waals surface area contributed by atoms with Crippen molar-refractivity contribution in [1.82, 2.24) is 0 Å². The van der Waals surface area contributed by atoms with Crippen LogP contribution in [-0.2, 0) is 14.6 Å². The zero-order valence-corrected chi connectivity index (χ0v) is 9.72. The average Bonchev–Trinajstić information content (AvgIpc) is 3.07.